The highest BCUT2D eigenvalue weighted by Crippen LogP contribution is 2.43. The summed E-state index contributed by atoms with van der Waals surface area (Å²) in [7, 11) is 0. The van der Waals surface area contributed by atoms with Crippen LogP contribution in [-0.4, -0.2) is 6.61 Å². The number of rotatable bonds is 6. The van der Waals surface area contributed by atoms with Gasteiger partial charge in [0, 0.05) is 0 Å². The Morgan fingerprint density at radius 3 is 1.96 bits per heavy atom. The molecule has 0 spiro atoms. The maximum atomic E-state index is 14.6. The van der Waals surface area contributed by atoms with E-state index >= 15 is 0 Å². The van der Waals surface area contributed by atoms with Gasteiger partial charge < -0.3 is 4.74 Å². The van der Waals surface area contributed by atoms with E-state index in [2.05, 4.69) is 6.58 Å². The van der Waals surface area contributed by atoms with E-state index in [1.54, 1.807) is 24.3 Å². The number of hydrogen-bond donors (Lipinski definition) is 0. The molecular formula is C23H24F4O. The Morgan fingerprint density at radius 1 is 0.857 bits per heavy atom. The third-order valence-electron chi connectivity index (χ3n) is 5.57. The molecule has 0 aliphatic heterocycles. The maximum Gasteiger partial charge on any atom is 0.200 e. The summed E-state index contributed by atoms with van der Waals surface area (Å²) in [5.74, 6) is -3.81. The third-order valence-corrected chi connectivity index (χ3v) is 5.57. The normalized spacial score (nSPS) is 19.5. The van der Waals surface area contributed by atoms with Gasteiger partial charge in [-0.2, -0.15) is 4.39 Å². The lowest BCUT2D eigenvalue weighted by atomic mass is 9.75. The van der Waals surface area contributed by atoms with Crippen molar-refractivity contribution in [1.29, 1.82) is 0 Å². The average molecular weight is 392 g/mol. The number of hydrogen-bond acceptors (Lipinski definition) is 1. The van der Waals surface area contributed by atoms with Crippen molar-refractivity contribution in [1.82, 2.24) is 0 Å². The van der Waals surface area contributed by atoms with Crippen LogP contribution in [0.4, 0.5) is 17.6 Å². The Balaban J connectivity index is 1.70. The standard InChI is InChI=1S/C23H24F4O/c1-3-4-13-28-19-12-11-18(22(26)23(19)27)16-8-6-15(7-9-16)17-10-5-14(2)20(24)21(17)25/h3,5,10-12,15-16H,1,4,6-9,13H2,2H3. The van der Waals surface area contributed by atoms with Gasteiger partial charge in [-0.15, -0.1) is 6.58 Å². The molecule has 28 heavy (non-hydrogen) atoms. The summed E-state index contributed by atoms with van der Waals surface area (Å²) in [6, 6.07) is 6.24. The predicted molar refractivity (Wildman–Crippen MR) is 102 cm³/mol. The van der Waals surface area contributed by atoms with Gasteiger partial charge in [0.05, 0.1) is 6.61 Å². The second-order valence-corrected chi connectivity index (χ2v) is 7.35. The van der Waals surface area contributed by atoms with Crippen LogP contribution in [0.3, 0.4) is 0 Å². The van der Waals surface area contributed by atoms with Gasteiger partial charge in [0.25, 0.3) is 0 Å². The molecule has 0 aromatic heterocycles. The van der Waals surface area contributed by atoms with Gasteiger partial charge in [-0.25, -0.2) is 13.2 Å². The molecule has 1 aliphatic rings. The lowest BCUT2D eigenvalue weighted by Gasteiger charge is -2.30. The van der Waals surface area contributed by atoms with Crippen LogP contribution < -0.4 is 4.74 Å². The molecule has 1 aliphatic carbocycles. The van der Waals surface area contributed by atoms with Crippen molar-refractivity contribution in [2.24, 2.45) is 0 Å². The molecule has 0 radical (unpaired) electrons. The number of benzene rings is 2. The summed E-state index contributed by atoms with van der Waals surface area (Å²) in [5, 5.41) is 0. The van der Waals surface area contributed by atoms with Gasteiger partial charge in [-0.3, -0.25) is 0 Å². The van der Waals surface area contributed by atoms with Crippen LogP contribution in [0.5, 0.6) is 5.75 Å². The molecule has 2 aromatic rings. The summed E-state index contributed by atoms with van der Waals surface area (Å²) < 4.78 is 62.2. The summed E-state index contributed by atoms with van der Waals surface area (Å²) in [5.41, 5.74) is 0.977. The third kappa shape index (κ3) is 4.08. The van der Waals surface area contributed by atoms with Crippen LogP contribution in [0.25, 0.3) is 0 Å². The summed E-state index contributed by atoms with van der Waals surface area (Å²) in [4.78, 5) is 0. The molecule has 5 heteroatoms. The number of aryl methyl sites for hydroxylation is 1. The Labute approximate surface area is 163 Å². The highest BCUT2D eigenvalue weighted by molar-refractivity contribution is 5.34. The fourth-order valence-corrected chi connectivity index (χ4v) is 3.92. The molecule has 1 fully saturated rings. The zero-order valence-electron chi connectivity index (χ0n) is 15.9. The molecule has 0 amide bonds. The van der Waals surface area contributed by atoms with E-state index in [9.17, 15) is 17.6 Å². The van der Waals surface area contributed by atoms with Crippen molar-refractivity contribution >= 4 is 0 Å². The summed E-state index contributed by atoms with van der Waals surface area (Å²) >= 11 is 0. The molecule has 150 valence electrons. The fraction of sp³-hybridized carbons (Fsp3) is 0.391. The van der Waals surface area contributed by atoms with Gasteiger partial charge in [0.15, 0.2) is 23.2 Å². The fourth-order valence-electron chi connectivity index (χ4n) is 3.92. The monoisotopic (exact) mass is 392 g/mol. The summed E-state index contributed by atoms with van der Waals surface area (Å²) in [6.07, 6.45) is 4.57. The SMILES string of the molecule is C=CCCOc1ccc(C2CCC(c3ccc(C)c(F)c3F)CC2)c(F)c1F. The molecule has 1 nitrogen and oxygen atoms in total. The minimum atomic E-state index is -0.977. The zero-order chi connectivity index (χ0) is 20.3. The highest BCUT2D eigenvalue weighted by Gasteiger charge is 2.29. The molecule has 0 N–H and O–H groups in total. The van der Waals surface area contributed by atoms with Gasteiger partial charge in [-0.05, 0) is 73.6 Å². The topological polar surface area (TPSA) is 9.23 Å². The van der Waals surface area contributed by atoms with Gasteiger partial charge in [0.1, 0.15) is 0 Å². The van der Waals surface area contributed by atoms with Crippen LogP contribution in [0.2, 0.25) is 0 Å². The van der Waals surface area contributed by atoms with Crippen molar-refractivity contribution in [2.75, 3.05) is 6.61 Å². The van der Waals surface area contributed by atoms with Crippen LogP contribution in [0.1, 0.15) is 60.6 Å². The Morgan fingerprint density at radius 2 is 1.39 bits per heavy atom. The van der Waals surface area contributed by atoms with E-state index in [4.69, 9.17) is 4.74 Å². The lowest BCUT2D eigenvalue weighted by molar-refractivity contribution is 0.299. The first-order chi connectivity index (χ1) is 13.4. The first-order valence-corrected chi connectivity index (χ1v) is 9.60. The Kier molecular flexibility index (Phi) is 6.42. The summed E-state index contributed by atoms with van der Waals surface area (Å²) in [6.45, 7) is 5.33. The second kappa shape index (κ2) is 8.80. The Bertz CT molecular complexity index is 854. The van der Waals surface area contributed by atoms with Gasteiger partial charge >= 0.3 is 0 Å². The largest absolute Gasteiger partial charge is 0.490 e. The Hall–Kier alpha value is -2.30. The molecule has 0 saturated heterocycles. The van der Waals surface area contributed by atoms with Crippen molar-refractivity contribution in [3.63, 3.8) is 0 Å². The van der Waals surface area contributed by atoms with Crippen molar-refractivity contribution in [2.45, 2.75) is 50.9 Å². The number of ether oxygens (including phenoxy) is 1. The lowest BCUT2D eigenvalue weighted by Crippen LogP contribution is -2.15. The molecule has 0 atom stereocenters. The molecule has 2 aromatic carbocycles. The molecule has 3 rings (SSSR count). The van der Waals surface area contributed by atoms with E-state index in [0.29, 0.717) is 43.2 Å². The maximum absolute atomic E-state index is 14.6. The molecule has 0 heterocycles. The van der Waals surface area contributed by atoms with Crippen LogP contribution in [0.15, 0.2) is 36.9 Å². The van der Waals surface area contributed by atoms with Gasteiger partial charge in [0.2, 0.25) is 5.82 Å². The molecule has 0 bridgehead atoms. The van der Waals surface area contributed by atoms with E-state index in [1.807, 2.05) is 0 Å². The average Bonchev–Trinajstić information content (AvgIpc) is 2.70. The minimum Gasteiger partial charge on any atom is -0.490 e. The minimum absolute atomic E-state index is 0.103. The highest BCUT2D eigenvalue weighted by atomic mass is 19.2. The van der Waals surface area contributed by atoms with Crippen LogP contribution in [-0.2, 0) is 0 Å². The van der Waals surface area contributed by atoms with E-state index in [0.717, 1.165) is 0 Å². The smallest absolute Gasteiger partial charge is 0.200 e. The first kappa shape index (κ1) is 20.4. The van der Waals surface area contributed by atoms with E-state index in [1.165, 1.54) is 13.0 Å². The van der Waals surface area contributed by atoms with E-state index < -0.39 is 23.3 Å². The molecular weight excluding hydrogens is 368 g/mol. The van der Waals surface area contributed by atoms with Crippen molar-refractivity contribution < 1.29 is 22.3 Å². The quantitative estimate of drug-likeness (QED) is 0.294. The predicted octanol–water partition coefficient (Wildman–Crippen LogP) is 6.95. The van der Waals surface area contributed by atoms with Crippen LogP contribution >= 0.6 is 0 Å². The second-order valence-electron chi connectivity index (χ2n) is 7.35. The van der Waals surface area contributed by atoms with Crippen molar-refractivity contribution in [3.8, 4) is 5.75 Å². The van der Waals surface area contributed by atoms with Crippen molar-refractivity contribution in [3.05, 3.63) is 76.9 Å². The molecule has 0 unspecified atom stereocenters. The first-order valence-electron chi connectivity index (χ1n) is 9.60. The molecule has 1 saturated carbocycles. The van der Waals surface area contributed by atoms with E-state index in [-0.39, 0.29) is 29.8 Å². The van der Waals surface area contributed by atoms with Gasteiger partial charge in [-0.1, -0.05) is 24.3 Å². The number of halogens is 4. The zero-order valence-corrected chi connectivity index (χ0v) is 15.9. The van der Waals surface area contributed by atoms with Crippen LogP contribution in [0, 0.1) is 30.2 Å².